The molecule has 1 aromatic heterocycles. The minimum atomic E-state index is -1.02. The fraction of sp³-hybridized carbons (Fsp3) is 0.688. The number of furan rings is 1. The van der Waals surface area contributed by atoms with Crippen LogP contribution in [0, 0.1) is 12.8 Å². The van der Waals surface area contributed by atoms with E-state index in [0.29, 0.717) is 18.3 Å². The van der Waals surface area contributed by atoms with Crippen LogP contribution in [0.15, 0.2) is 16.5 Å². The number of hydrogen-bond donors (Lipinski definition) is 2. The largest absolute Gasteiger partial charge is 0.469 e. The molecule has 1 fully saturated rings. The van der Waals surface area contributed by atoms with Gasteiger partial charge in [0, 0.05) is 12.6 Å². The summed E-state index contributed by atoms with van der Waals surface area (Å²) in [5.41, 5.74) is -1.02. The first-order chi connectivity index (χ1) is 9.92. The van der Waals surface area contributed by atoms with Crippen LogP contribution in [0.1, 0.15) is 44.1 Å². The van der Waals surface area contributed by atoms with E-state index >= 15 is 0 Å². The molecule has 0 amide bonds. The molecule has 21 heavy (non-hydrogen) atoms. The summed E-state index contributed by atoms with van der Waals surface area (Å²) in [7, 11) is 1.44. The van der Waals surface area contributed by atoms with E-state index in [-0.39, 0.29) is 11.9 Å². The van der Waals surface area contributed by atoms with Crippen LogP contribution in [0.25, 0.3) is 0 Å². The number of methoxy groups -OCH3 is 1. The molecule has 0 radical (unpaired) electrons. The van der Waals surface area contributed by atoms with Crippen LogP contribution in [-0.2, 0) is 15.1 Å². The lowest BCUT2D eigenvalue weighted by Gasteiger charge is -2.30. The van der Waals surface area contributed by atoms with Crippen LogP contribution in [0.3, 0.4) is 0 Å². The molecule has 0 aliphatic heterocycles. The second-order valence-electron chi connectivity index (χ2n) is 6.14. The summed E-state index contributed by atoms with van der Waals surface area (Å²) in [5.74, 6) is 1.30. The number of carbonyl (C=O) groups excluding carboxylic acids is 1. The van der Waals surface area contributed by atoms with Crippen molar-refractivity contribution in [3.8, 4) is 0 Å². The summed E-state index contributed by atoms with van der Waals surface area (Å²) in [4.78, 5) is 11.5. The topological polar surface area (TPSA) is 71.7 Å². The van der Waals surface area contributed by atoms with Gasteiger partial charge >= 0.3 is 5.97 Å². The number of nitrogens with one attached hydrogen (secondary N) is 1. The van der Waals surface area contributed by atoms with Crippen molar-refractivity contribution in [2.45, 2.75) is 51.2 Å². The molecule has 5 nitrogen and oxygen atoms in total. The number of aryl methyl sites for hydroxylation is 1. The quantitative estimate of drug-likeness (QED) is 0.814. The Hall–Kier alpha value is -1.33. The van der Waals surface area contributed by atoms with E-state index in [1.54, 1.807) is 6.92 Å². The molecule has 1 aliphatic rings. The van der Waals surface area contributed by atoms with E-state index in [1.165, 1.54) is 7.11 Å². The highest BCUT2D eigenvalue weighted by atomic mass is 16.5. The van der Waals surface area contributed by atoms with E-state index in [4.69, 9.17) is 9.15 Å². The third-order valence-corrected chi connectivity index (χ3v) is 4.27. The lowest BCUT2D eigenvalue weighted by atomic mass is 9.86. The summed E-state index contributed by atoms with van der Waals surface area (Å²) in [6.07, 6.45) is 3.53. The molecule has 1 heterocycles. The van der Waals surface area contributed by atoms with Crippen LogP contribution in [0.2, 0.25) is 0 Å². The van der Waals surface area contributed by atoms with Gasteiger partial charge in [0.1, 0.15) is 17.1 Å². The maximum Gasteiger partial charge on any atom is 0.308 e. The standard InChI is InChI=1S/C16H25NO4/c1-11-4-9-14(21-11)16(2,19)10-17-13-7-5-12(6-8-13)15(18)20-3/h4,9,12-13,17,19H,5-8,10H2,1-3H3/t12?,13?,16-/m0/s1. The maximum atomic E-state index is 11.5. The van der Waals surface area contributed by atoms with Crippen molar-refractivity contribution < 1.29 is 19.1 Å². The summed E-state index contributed by atoms with van der Waals surface area (Å²) < 4.78 is 10.3. The van der Waals surface area contributed by atoms with Crippen LogP contribution >= 0.6 is 0 Å². The molecule has 0 spiro atoms. The van der Waals surface area contributed by atoms with E-state index in [2.05, 4.69) is 5.32 Å². The Labute approximate surface area is 125 Å². The maximum absolute atomic E-state index is 11.5. The monoisotopic (exact) mass is 295 g/mol. The van der Waals surface area contributed by atoms with Gasteiger partial charge in [0.15, 0.2) is 0 Å². The van der Waals surface area contributed by atoms with Gasteiger partial charge < -0.3 is 19.6 Å². The zero-order valence-corrected chi connectivity index (χ0v) is 13.0. The molecule has 0 bridgehead atoms. The molecule has 1 aromatic rings. The SMILES string of the molecule is COC(=O)C1CCC(NC[C@](C)(O)c2ccc(C)o2)CC1. The van der Waals surface area contributed by atoms with E-state index < -0.39 is 5.60 Å². The first kappa shape index (κ1) is 16.0. The number of ether oxygens (including phenoxy) is 1. The zero-order valence-electron chi connectivity index (χ0n) is 13.0. The molecule has 0 unspecified atom stereocenters. The Bertz CT molecular complexity index is 472. The van der Waals surface area contributed by atoms with E-state index in [1.807, 2.05) is 19.1 Å². The average Bonchev–Trinajstić information content (AvgIpc) is 2.92. The lowest BCUT2D eigenvalue weighted by molar-refractivity contribution is -0.146. The molecule has 2 N–H and O–H groups in total. The molecule has 0 aromatic carbocycles. The minimum absolute atomic E-state index is 0.0290. The van der Waals surface area contributed by atoms with Crippen LogP contribution in [0.4, 0.5) is 0 Å². The number of carbonyl (C=O) groups is 1. The highest BCUT2D eigenvalue weighted by molar-refractivity contribution is 5.72. The second kappa shape index (κ2) is 6.62. The molecule has 1 aliphatic carbocycles. The predicted molar refractivity (Wildman–Crippen MR) is 78.8 cm³/mol. The van der Waals surface area contributed by atoms with Crippen molar-refractivity contribution in [2.24, 2.45) is 5.92 Å². The van der Waals surface area contributed by atoms with Gasteiger partial charge in [0.05, 0.1) is 13.0 Å². The van der Waals surface area contributed by atoms with E-state index in [9.17, 15) is 9.90 Å². The van der Waals surface area contributed by atoms with Crippen molar-refractivity contribution in [2.75, 3.05) is 13.7 Å². The molecule has 2 rings (SSSR count). The molecule has 118 valence electrons. The Morgan fingerprint density at radius 2 is 2.10 bits per heavy atom. The summed E-state index contributed by atoms with van der Waals surface area (Å²) >= 11 is 0. The highest BCUT2D eigenvalue weighted by Crippen LogP contribution is 2.27. The highest BCUT2D eigenvalue weighted by Gasteiger charge is 2.30. The minimum Gasteiger partial charge on any atom is -0.469 e. The van der Waals surface area contributed by atoms with Gasteiger partial charge in [-0.15, -0.1) is 0 Å². The third-order valence-electron chi connectivity index (χ3n) is 4.27. The average molecular weight is 295 g/mol. The summed E-state index contributed by atoms with van der Waals surface area (Å²) in [6, 6.07) is 3.99. The molecular weight excluding hydrogens is 270 g/mol. The van der Waals surface area contributed by atoms with Gasteiger partial charge in [0.25, 0.3) is 0 Å². The summed E-state index contributed by atoms with van der Waals surface area (Å²) in [5, 5.41) is 13.9. The predicted octanol–water partition coefficient (Wildman–Crippen LogP) is 2.12. The van der Waals surface area contributed by atoms with Crippen molar-refractivity contribution >= 4 is 5.97 Å². The lowest BCUT2D eigenvalue weighted by Crippen LogP contribution is -2.42. The van der Waals surface area contributed by atoms with Crippen molar-refractivity contribution in [3.05, 3.63) is 23.7 Å². The van der Waals surface area contributed by atoms with Crippen LogP contribution in [-0.4, -0.2) is 30.8 Å². The van der Waals surface area contributed by atoms with E-state index in [0.717, 1.165) is 31.4 Å². The summed E-state index contributed by atoms with van der Waals surface area (Å²) in [6.45, 7) is 4.05. The number of aliphatic hydroxyl groups is 1. The number of rotatable bonds is 5. The number of hydrogen-bond acceptors (Lipinski definition) is 5. The zero-order chi connectivity index (χ0) is 15.5. The molecule has 5 heteroatoms. The molecule has 1 atom stereocenters. The van der Waals surface area contributed by atoms with Gasteiger partial charge in [-0.25, -0.2) is 0 Å². The van der Waals surface area contributed by atoms with Crippen molar-refractivity contribution in [3.63, 3.8) is 0 Å². The van der Waals surface area contributed by atoms with Crippen LogP contribution in [0.5, 0.6) is 0 Å². The van der Waals surface area contributed by atoms with Crippen molar-refractivity contribution in [1.82, 2.24) is 5.32 Å². The smallest absolute Gasteiger partial charge is 0.308 e. The normalized spacial score (nSPS) is 25.3. The Kier molecular flexibility index (Phi) is 5.06. The number of esters is 1. The van der Waals surface area contributed by atoms with Crippen molar-refractivity contribution in [1.29, 1.82) is 0 Å². The molecule has 0 saturated heterocycles. The van der Waals surface area contributed by atoms with Gasteiger partial charge in [-0.05, 0) is 51.7 Å². The fourth-order valence-electron chi connectivity index (χ4n) is 2.85. The van der Waals surface area contributed by atoms with Gasteiger partial charge in [-0.2, -0.15) is 0 Å². The van der Waals surface area contributed by atoms with Crippen LogP contribution < -0.4 is 5.32 Å². The second-order valence-corrected chi connectivity index (χ2v) is 6.14. The third kappa shape index (κ3) is 4.08. The Morgan fingerprint density at radius 1 is 1.43 bits per heavy atom. The van der Waals surface area contributed by atoms with Gasteiger partial charge in [0.2, 0.25) is 0 Å². The Morgan fingerprint density at radius 3 is 2.62 bits per heavy atom. The fourth-order valence-corrected chi connectivity index (χ4v) is 2.85. The molecule has 1 saturated carbocycles. The van der Waals surface area contributed by atoms with Gasteiger partial charge in [-0.3, -0.25) is 4.79 Å². The first-order valence-corrected chi connectivity index (χ1v) is 7.53. The molecular formula is C16H25NO4. The van der Waals surface area contributed by atoms with Gasteiger partial charge in [-0.1, -0.05) is 0 Å². The Balaban J connectivity index is 1.80. The first-order valence-electron chi connectivity index (χ1n) is 7.53.